The van der Waals surface area contributed by atoms with Crippen LogP contribution in [0.4, 0.5) is 17.5 Å². The minimum absolute atomic E-state index is 0.253. The number of hydrogen-bond donors (Lipinski definition) is 1. The smallest absolute Gasteiger partial charge is 0.228 e. The molecule has 2 aromatic heterocycles. The Morgan fingerprint density at radius 1 is 1.07 bits per heavy atom. The average Bonchev–Trinajstić information content (AvgIpc) is 2.74. The van der Waals surface area contributed by atoms with E-state index in [-0.39, 0.29) is 4.90 Å². The predicted octanol–water partition coefficient (Wildman–Crippen LogP) is 2.52. The number of sulfone groups is 1. The van der Waals surface area contributed by atoms with Crippen molar-refractivity contribution < 1.29 is 13.2 Å². The monoisotopic (exact) mass is 411 g/mol. The van der Waals surface area contributed by atoms with Crippen LogP contribution in [0.1, 0.15) is 0 Å². The van der Waals surface area contributed by atoms with Gasteiger partial charge in [-0.2, -0.15) is 4.98 Å². The van der Waals surface area contributed by atoms with Gasteiger partial charge in [-0.25, -0.2) is 13.4 Å². The van der Waals surface area contributed by atoms with Crippen molar-refractivity contribution in [3.63, 3.8) is 0 Å². The summed E-state index contributed by atoms with van der Waals surface area (Å²) in [6.45, 7) is 2.61. The number of pyridine rings is 1. The van der Waals surface area contributed by atoms with Crippen LogP contribution in [0.2, 0.25) is 0 Å². The second-order valence-corrected chi connectivity index (χ2v) is 8.72. The molecular formula is C20H21N5O3S. The van der Waals surface area contributed by atoms with E-state index in [4.69, 9.17) is 9.72 Å². The molecule has 3 heterocycles. The van der Waals surface area contributed by atoms with E-state index in [0.29, 0.717) is 49.3 Å². The van der Waals surface area contributed by atoms with Crippen molar-refractivity contribution in [2.75, 3.05) is 42.8 Å². The first-order chi connectivity index (χ1) is 14.0. The van der Waals surface area contributed by atoms with Gasteiger partial charge in [-0.1, -0.05) is 12.1 Å². The normalized spacial score (nSPS) is 14.6. The largest absolute Gasteiger partial charge is 0.378 e. The first-order valence-electron chi connectivity index (χ1n) is 9.18. The molecule has 1 aliphatic heterocycles. The number of benzene rings is 1. The Morgan fingerprint density at radius 2 is 1.90 bits per heavy atom. The number of nitrogens with zero attached hydrogens (tertiary/aromatic N) is 4. The van der Waals surface area contributed by atoms with Gasteiger partial charge >= 0.3 is 0 Å². The molecule has 4 rings (SSSR count). The van der Waals surface area contributed by atoms with Crippen LogP contribution in [0.25, 0.3) is 11.3 Å². The lowest BCUT2D eigenvalue weighted by Gasteiger charge is -2.27. The summed E-state index contributed by atoms with van der Waals surface area (Å²) in [4.78, 5) is 15.8. The van der Waals surface area contributed by atoms with Gasteiger partial charge in [0.25, 0.3) is 0 Å². The van der Waals surface area contributed by atoms with Gasteiger partial charge in [-0.3, -0.25) is 4.98 Å². The van der Waals surface area contributed by atoms with Crippen molar-refractivity contribution in [2.45, 2.75) is 4.90 Å². The molecule has 0 atom stereocenters. The molecule has 1 saturated heterocycles. The lowest BCUT2D eigenvalue weighted by molar-refractivity contribution is 0.122. The van der Waals surface area contributed by atoms with Crippen LogP contribution in [-0.4, -0.2) is 55.9 Å². The summed E-state index contributed by atoms with van der Waals surface area (Å²) in [7, 11) is -3.32. The molecule has 0 aliphatic carbocycles. The van der Waals surface area contributed by atoms with Crippen LogP contribution < -0.4 is 10.2 Å². The van der Waals surface area contributed by atoms with E-state index in [0.717, 1.165) is 5.69 Å². The number of rotatable bonds is 5. The Morgan fingerprint density at radius 3 is 2.62 bits per heavy atom. The van der Waals surface area contributed by atoms with E-state index in [9.17, 15) is 8.42 Å². The van der Waals surface area contributed by atoms with Crippen molar-refractivity contribution in [1.29, 1.82) is 0 Å². The summed E-state index contributed by atoms with van der Waals surface area (Å²) in [6, 6.07) is 12.3. The number of ether oxygens (including phenoxy) is 1. The first kappa shape index (κ1) is 19.3. The SMILES string of the molecule is CS(=O)(=O)c1cccc(-c2cc(Nc3cccnc3)nc(N3CCOCC3)n2)c1. The lowest BCUT2D eigenvalue weighted by atomic mass is 10.1. The molecule has 0 spiro atoms. The maximum absolute atomic E-state index is 12.0. The van der Waals surface area contributed by atoms with Gasteiger partial charge in [0.2, 0.25) is 5.95 Å². The molecule has 0 saturated carbocycles. The molecule has 1 N–H and O–H groups in total. The maximum atomic E-state index is 12.0. The molecule has 0 radical (unpaired) electrons. The van der Waals surface area contributed by atoms with Crippen molar-refractivity contribution in [3.05, 3.63) is 54.9 Å². The fourth-order valence-corrected chi connectivity index (χ4v) is 3.69. The van der Waals surface area contributed by atoms with E-state index in [1.54, 1.807) is 36.7 Å². The van der Waals surface area contributed by atoms with Crippen LogP contribution in [0, 0.1) is 0 Å². The minimum Gasteiger partial charge on any atom is -0.378 e. The Labute approximate surface area is 169 Å². The van der Waals surface area contributed by atoms with Gasteiger partial charge in [-0.15, -0.1) is 0 Å². The summed E-state index contributed by atoms with van der Waals surface area (Å²) in [6.07, 6.45) is 4.60. The zero-order chi connectivity index (χ0) is 20.3. The fourth-order valence-electron chi connectivity index (χ4n) is 3.02. The van der Waals surface area contributed by atoms with Gasteiger partial charge in [0.15, 0.2) is 9.84 Å². The van der Waals surface area contributed by atoms with E-state index in [1.165, 1.54) is 6.26 Å². The Kier molecular flexibility index (Phi) is 5.41. The molecule has 150 valence electrons. The molecule has 9 heteroatoms. The number of nitrogens with one attached hydrogen (secondary N) is 1. The highest BCUT2D eigenvalue weighted by Crippen LogP contribution is 2.27. The molecule has 3 aromatic rings. The quantitative estimate of drug-likeness (QED) is 0.684. The van der Waals surface area contributed by atoms with Crippen molar-refractivity contribution in [2.24, 2.45) is 0 Å². The molecule has 0 amide bonds. The highest BCUT2D eigenvalue weighted by molar-refractivity contribution is 7.90. The molecular weight excluding hydrogens is 390 g/mol. The predicted molar refractivity (Wildman–Crippen MR) is 111 cm³/mol. The molecule has 8 nitrogen and oxygen atoms in total. The van der Waals surface area contributed by atoms with Crippen LogP contribution in [-0.2, 0) is 14.6 Å². The van der Waals surface area contributed by atoms with Gasteiger partial charge in [0, 0.05) is 37.2 Å². The minimum atomic E-state index is -3.32. The molecule has 0 unspecified atom stereocenters. The fraction of sp³-hybridized carbons (Fsp3) is 0.250. The number of aromatic nitrogens is 3. The van der Waals surface area contributed by atoms with Gasteiger partial charge < -0.3 is 15.0 Å². The highest BCUT2D eigenvalue weighted by Gasteiger charge is 2.17. The third kappa shape index (κ3) is 4.69. The zero-order valence-corrected chi connectivity index (χ0v) is 16.8. The van der Waals surface area contributed by atoms with E-state index in [1.807, 2.05) is 18.2 Å². The van der Waals surface area contributed by atoms with Gasteiger partial charge in [-0.05, 0) is 24.3 Å². The van der Waals surface area contributed by atoms with Crippen LogP contribution in [0.5, 0.6) is 0 Å². The van der Waals surface area contributed by atoms with Crippen LogP contribution in [0.15, 0.2) is 59.8 Å². The van der Waals surface area contributed by atoms with E-state index < -0.39 is 9.84 Å². The molecule has 1 aromatic carbocycles. The third-order valence-electron chi connectivity index (χ3n) is 4.50. The molecule has 1 fully saturated rings. The van der Waals surface area contributed by atoms with Crippen molar-refractivity contribution >= 4 is 27.3 Å². The maximum Gasteiger partial charge on any atom is 0.228 e. The van der Waals surface area contributed by atoms with Crippen molar-refractivity contribution in [3.8, 4) is 11.3 Å². The summed E-state index contributed by atoms with van der Waals surface area (Å²) in [5, 5.41) is 3.25. The van der Waals surface area contributed by atoms with E-state index >= 15 is 0 Å². The van der Waals surface area contributed by atoms with E-state index in [2.05, 4.69) is 20.2 Å². The zero-order valence-electron chi connectivity index (χ0n) is 15.9. The summed E-state index contributed by atoms with van der Waals surface area (Å²) in [5.74, 6) is 1.18. The highest BCUT2D eigenvalue weighted by atomic mass is 32.2. The number of morpholine rings is 1. The number of anilines is 3. The first-order valence-corrected chi connectivity index (χ1v) is 11.1. The average molecular weight is 411 g/mol. The van der Waals surface area contributed by atoms with Crippen LogP contribution >= 0.6 is 0 Å². The summed E-state index contributed by atoms with van der Waals surface area (Å²) in [5.41, 5.74) is 2.15. The third-order valence-corrected chi connectivity index (χ3v) is 5.61. The Bertz CT molecular complexity index is 1100. The standard InChI is InChI=1S/C20H21N5O3S/c1-29(26,27)17-6-2-4-15(12-17)18-13-19(22-16-5-3-7-21-14-16)24-20(23-18)25-8-10-28-11-9-25/h2-7,12-14H,8-11H2,1H3,(H,22,23,24). The van der Waals surface area contributed by atoms with Crippen molar-refractivity contribution in [1.82, 2.24) is 15.0 Å². The number of hydrogen-bond acceptors (Lipinski definition) is 8. The summed E-state index contributed by atoms with van der Waals surface area (Å²) < 4.78 is 29.4. The second kappa shape index (κ2) is 8.14. The second-order valence-electron chi connectivity index (χ2n) is 6.70. The molecule has 0 bridgehead atoms. The molecule has 1 aliphatic rings. The summed E-state index contributed by atoms with van der Waals surface area (Å²) >= 11 is 0. The molecule has 29 heavy (non-hydrogen) atoms. The van der Waals surface area contributed by atoms with Gasteiger partial charge in [0.05, 0.1) is 35.7 Å². The topological polar surface area (TPSA) is 97.3 Å². The van der Waals surface area contributed by atoms with Crippen LogP contribution in [0.3, 0.4) is 0 Å². The Hall–Kier alpha value is -3.04. The Balaban J connectivity index is 1.77. The van der Waals surface area contributed by atoms with Gasteiger partial charge in [0.1, 0.15) is 5.82 Å². The lowest BCUT2D eigenvalue weighted by Crippen LogP contribution is -2.37.